The lowest BCUT2D eigenvalue weighted by molar-refractivity contribution is 0.157. The third kappa shape index (κ3) is 5.47. The molecule has 0 aliphatic carbocycles. The van der Waals surface area contributed by atoms with E-state index < -0.39 is 11.6 Å². The fourth-order valence-corrected chi connectivity index (χ4v) is 3.17. The number of hydrogen-bond acceptors (Lipinski definition) is 6. The van der Waals surface area contributed by atoms with Crippen molar-refractivity contribution in [2.75, 3.05) is 5.32 Å². The van der Waals surface area contributed by atoms with Crippen molar-refractivity contribution >= 4 is 22.4 Å². The van der Waals surface area contributed by atoms with E-state index in [-0.39, 0.29) is 0 Å². The largest absolute Gasteiger partial charge is 0.457 e. The first-order valence-electron chi connectivity index (χ1n) is 10.6. The van der Waals surface area contributed by atoms with E-state index in [4.69, 9.17) is 10.5 Å². The fraction of sp³-hybridized carbons (Fsp3) is 0.185. The molecule has 0 bridgehead atoms. The zero-order valence-electron chi connectivity index (χ0n) is 18.8. The third-order valence-electron chi connectivity index (χ3n) is 5.10. The van der Waals surface area contributed by atoms with Gasteiger partial charge in [0, 0.05) is 22.2 Å². The zero-order chi connectivity index (χ0) is 23.4. The molecule has 0 aliphatic rings. The minimum Gasteiger partial charge on any atom is -0.457 e. The molecule has 4 N–H and O–H groups in total. The molecule has 0 fully saturated rings. The number of aryl methyl sites for hydroxylation is 1. The zero-order valence-corrected chi connectivity index (χ0v) is 18.8. The minimum absolute atomic E-state index is 0.666. The van der Waals surface area contributed by atoms with E-state index in [9.17, 15) is 5.11 Å². The Balaban J connectivity index is 1.59. The molecule has 4 rings (SSSR count). The summed E-state index contributed by atoms with van der Waals surface area (Å²) in [5, 5.41) is 14.3. The normalized spacial score (nSPS) is 12.0. The van der Waals surface area contributed by atoms with Crippen LogP contribution in [0.1, 0.15) is 25.0 Å². The molecule has 6 heteroatoms. The summed E-state index contributed by atoms with van der Waals surface area (Å²) in [4.78, 5) is 8.78. The summed E-state index contributed by atoms with van der Waals surface area (Å²) in [5.41, 5.74) is 8.52. The van der Waals surface area contributed by atoms with Gasteiger partial charge >= 0.3 is 0 Å². The fourth-order valence-electron chi connectivity index (χ4n) is 3.17. The van der Waals surface area contributed by atoms with Crippen molar-refractivity contribution in [2.45, 2.75) is 32.4 Å². The molecule has 0 amide bonds. The number of nitrogens with zero attached hydrogens (tertiary/aromatic N) is 2. The van der Waals surface area contributed by atoms with Crippen molar-refractivity contribution in [3.63, 3.8) is 0 Å². The first-order valence-corrected chi connectivity index (χ1v) is 10.6. The molecule has 4 aromatic rings. The van der Waals surface area contributed by atoms with E-state index in [1.807, 2.05) is 73.7 Å². The highest BCUT2D eigenvalue weighted by Crippen LogP contribution is 2.30. The lowest BCUT2D eigenvalue weighted by Crippen LogP contribution is -2.44. The molecule has 0 spiro atoms. The van der Waals surface area contributed by atoms with Gasteiger partial charge in [-0.25, -0.2) is 9.97 Å². The van der Waals surface area contributed by atoms with Crippen molar-refractivity contribution in [3.8, 4) is 23.3 Å². The average Bonchev–Trinajstić information content (AvgIpc) is 2.79. The van der Waals surface area contributed by atoms with Gasteiger partial charge in [-0.15, -0.1) is 0 Å². The highest BCUT2D eigenvalue weighted by molar-refractivity contribution is 5.91. The molecule has 1 aromatic heterocycles. The summed E-state index contributed by atoms with van der Waals surface area (Å²) in [6, 6.07) is 21.2. The maximum Gasteiger partial charge on any atom is 0.141 e. The number of aromatic nitrogens is 2. The van der Waals surface area contributed by atoms with Gasteiger partial charge in [0.2, 0.25) is 0 Å². The van der Waals surface area contributed by atoms with Gasteiger partial charge in [-0.2, -0.15) is 0 Å². The van der Waals surface area contributed by atoms with Crippen LogP contribution < -0.4 is 15.8 Å². The molecule has 0 saturated carbocycles. The number of rotatable bonds is 5. The van der Waals surface area contributed by atoms with Crippen molar-refractivity contribution < 1.29 is 9.84 Å². The van der Waals surface area contributed by atoms with Crippen LogP contribution in [0.5, 0.6) is 11.5 Å². The summed E-state index contributed by atoms with van der Waals surface area (Å²) in [5.74, 6) is 8.05. The van der Waals surface area contributed by atoms with E-state index >= 15 is 0 Å². The molecular formula is C27H26N4O2. The van der Waals surface area contributed by atoms with Crippen LogP contribution in [0.25, 0.3) is 10.9 Å². The van der Waals surface area contributed by atoms with Crippen LogP contribution in [0.15, 0.2) is 73.1 Å². The van der Waals surface area contributed by atoms with E-state index in [2.05, 4.69) is 27.1 Å². The van der Waals surface area contributed by atoms with Crippen molar-refractivity contribution in [2.24, 2.45) is 5.73 Å². The van der Waals surface area contributed by atoms with Crippen LogP contribution in [0.3, 0.4) is 0 Å². The Labute approximate surface area is 193 Å². The second-order valence-corrected chi connectivity index (χ2v) is 8.47. The van der Waals surface area contributed by atoms with Gasteiger partial charge in [0.15, 0.2) is 0 Å². The highest BCUT2D eigenvalue weighted by atomic mass is 16.5. The summed E-state index contributed by atoms with van der Waals surface area (Å²) in [6.07, 6.45) is 0.591. The van der Waals surface area contributed by atoms with E-state index in [1.165, 1.54) is 6.33 Å². The molecule has 6 nitrogen and oxygen atoms in total. The Morgan fingerprint density at radius 3 is 2.55 bits per heavy atom. The third-order valence-corrected chi connectivity index (χ3v) is 5.10. The molecular weight excluding hydrogens is 412 g/mol. The second kappa shape index (κ2) is 9.29. The molecule has 0 radical (unpaired) electrons. The maximum absolute atomic E-state index is 10.1. The van der Waals surface area contributed by atoms with Crippen molar-refractivity contribution in [1.82, 2.24) is 9.97 Å². The van der Waals surface area contributed by atoms with Crippen molar-refractivity contribution in [1.29, 1.82) is 0 Å². The summed E-state index contributed by atoms with van der Waals surface area (Å²) in [6.45, 7) is 5.47. The predicted molar refractivity (Wildman–Crippen MR) is 132 cm³/mol. The van der Waals surface area contributed by atoms with Gasteiger partial charge in [-0.1, -0.05) is 30.0 Å². The van der Waals surface area contributed by atoms with Gasteiger partial charge in [-0.05, 0) is 74.9 Å². The Morgan fingerprint density at radius 1 is 1.03 bits per heavy atom. The molecule has 1 heterocycles. The number of para-hydroxylation sites is 1. The summed E-state index contributed by atoms with van der Waals surface area (Å²) < 4.78 is 5.97. The highest BCUT2D eigenvalue weighted by Gasteiger charge is 2.20. The number of aliphatic hydroxyl groups is 1. The Kier molecular flexibility index (Phi) is 6.27. The summed E-state index contributed by atoms with van der Waals surface area (Å²) in [7, 11) is 0. The average molecular weight is 439 g/mol. The molecule has 1 atom stereocenters. The van der Waals surface area contributed by atoms with Gasteiger partial charge in [0.25, 0.3) is 0 Å². The first kappa shape index (κ1) is 22.3. The number of aliphatic hydroxyl groups excluding tert-OH is 1. The molecule has 3 aromatic carbocycles. The van der Waals surface area contributed by atoms with Gasteiger partial charge in [0.1, 0.15) is 29.7 Å². The van der Waals surface area contributed by atoms with Gasteiger partial charge in [-0.3, -0.25) is 0 Å². The van der Waals surface area contributed by atoms with Gasteiger partial charge < -0.3 is 20.9 Å². The van der Waals surface area contributed by atoms with Crippen molar-refractivity contribution in [3.05, 3.63) is 84.2 Å². The molecule has 166 valence electrons. The molecule has 1 unspecified atom stereocenters. The van der Waals surface area contributed by atoms with Crippen LogP contribution in [0.2, 0.25) is 0 Å². The number of benzene rings is 3. The van der Waals surface area contributed by atoms with Crippen LogP contribution in [0, 0.1) is 18.8 Å². The quantitative estimate of drug-likeness (QED) is 0.383. The smallest absolute Gasteiger partial charge is 0.141 e. The standard InChI is InChI=1S/C27H26N4O2/c1-18-15-20(11-13-24(18)33-21-7-5-4-6-8-21)31-26-22-16-19(9-12-23(22)29-17-30-26)10-14-25(32)27(2,3)28/h4-9,11-13,15-17,25,32H,28H2,1-3H3,(H,29,30,31). The molecule has 0 saturated heterocycles. The number of ether oxygens (including phenoxy) is 1. The number of nitrogens with two attached hydrogens (primary N) is 1. The Hall–Kier alpha value is -3.92. The predicted octanol–water partition coefficient (Wildman–Crippen LogP) is 4.92. The Morgan fingerprint density at radius 2 is 1.82 bits per heavy atom. The van der Waals surface area contributed by atoms with Crippen LogP contribution in [-0.4, -0.2) is 26.7 Å². The molecule has 0 aliphatic heterocycles. The summed E-state index contributed by atoms with van der Waals surface area (Å²) >= 11 is 0. The first-order chi connectivity index (χ1) is 15.8. The van der Waals surface area contributed by atoms with Gasteiger partial charge in [0.05, 0.1) is 5.52 Å². The molecule has 33 heavy (non-hydrogen) atoms. The van der Waals surface area contributed by atoms with Crippen LogP contribution in [0.4, 0.5) is 11.5 Å². The monoisotopic (exact) mass is 438 g/mol. The van der Waals surface area contributed by atoms with E-state index in [1.54, 1.807) is 13.8 Å². The SMILES string of the molecule is Cc1cc(Nc2ncnc3ccc(C#CC(O)C(C)(C)N)cc23)ccc1Oc1ccccc1. The van der Waals surface area contributed by atoms with Crippen LogP contribution >= 0.6 is 0 Å². The minimum atomic E-state index is -0.933. The maximum atomic E-state index is 10.1. The number of anilines is 2. The van der Waals surface area contributed by atoms with Crippen LogP contribution in [-0.2, 0) is 0 Å². The number of hydrogen-bond donors (Lipinski definition) is 3. The lowest BCUT2D eigenvalue weighted by atomic mass is 9.99. The lowest BCUT2D eigenvalue weighted by Gasteiger charge is -2.20. The van der Waals surface area contributed by atoms with E-state index in [0.717, 1.165) is 39.2 Å². The topological polar surface area (TPSA) is 93.3 Å². The Bertz CT molecular complexity index is 1340. The number of fused-ring (bicyclic) bond motifs is 1. The van der Waals surface area contributed by atoms with E-state index in [0.29, 0.717) is 5.82 Å². The number of nitrogens with one attached hydrogen (secondary N) is 1. The second-order valence-electron chi connectivity index (χ2n) is 8.47.